The van der Waals surface area contributed by atoms with Gasteiger partial charge in [0.05, 0.1) is 13.1 Å². The minimum Gasteiger partial charge on any atom is -0.368 e. The van der Waals surface area contributed by atoms with E-state index in [1.807, 2.05) is 60.4 Å². The van der Waals surface area contributed by atoms with Gasteiger partial charge < -0.3 is 15.1 Å². The Hall–Kier alpha value is -2.57. The number of anilines is 2. The lowest BCUT2D eigenvalue weighted by atomic mass is 10.2. The Balaban J connectivity index is 1.43. The highest BCUT2D eigenvalue weighted by Crippen LogP contribution is 2.20. The van der Waals surface area contributed by atoms with Crippen molar-refractivity contribution in [1.82, 2.24) is 9.80 Å². The standard InChI is InChI=1S/C22H27ClN4O2/c1-17-6-8-19(9-7-17)24-21(28)15-25(2)16-22(29)27-12-10-26(11-13-27)20-5-3-4-18(23)14-20/h3-9,14H,10-13,15-16H2,1-2H3,(H,24,28). The molecule has 7 heteroatoms. The van der Waals surface area contributed by atoms with Gasteiger partial charge in [-0.15, -0.1) is 0 Å². The third-order valence-electron chi connectivity index (χ3n) is 4.96. The van der Waals surface area contributed by atoms with E-state index in [9.17, 15) is 9.59 Å². The number of rotatable bonds is 6. The summed E-state index contributed by atoms with van der Waals surface area (Å²) in [7, 11) is 1.79. The average molecular weight is 415 g/mol. The number of piperazine rings is 1. The lowest BCUT2D eigenvalue weighted by Crippen LogP contribution is -2.51. The average Bonchev–Trinajstić information content (AvgIpc) is 2.69. The van der Waals surface area contributed by atoms with Crippen molar-refractivity contribution < 1.29 is 9.59 Å². The van der Waals surface area contributed by atoms with E-state index in [-0.39, 0.29) is 24.9 Å². The fourth-order valence-corrected chi connectivity index (χ4v) is 3.54. The van der Waals surface area contributed by atoms with E-state index in [2.05, 4.69) is 10.2 Å². The van der Waals surface area contributed by atoms with E-state index < -0.39 is 0 Å². The van der Waals surface area contributed by atoms with Gasteiger partial charge in [-0.1, -0.05) is 35.4 Å². The van der Waals surface area contributed by atoms with Gasteiger partial charge in [0.1, 0.15) is 0 Å². The van der Waals surface area contributed by atoms with Gasteiger partial charge in [0.2, 0.25) is 11.8 Å². The number of amides is 2. The Morgan fingerprint density at radius 3 is 2.38 bits per heavy atom. The van der Waals surface area contributed by atoms with Crippen LogP contribution < -0.4 is 10.2 Å². The zero-order valence-corrected chi connectivity index (χ0v) is 17.7. The van der Waals surface area contributed by atoms with E-state index in [1.54, 1.807) is 11.9 Å². The lowest BCUT2D eigenvalue weighted by molar-refractivity contribution is -0.132. The zero-order chi connectivity index (χ0) is 20.8. The third-order valence-corrected chi connectivity index (χ3v) is 5.19. The molecule has 1 aliphatic heterocycles. The number of likely N-dealkylation sites (N-methyl/N-ethyl adjacent to an activating group) is 1. The lowest BCUT2D eigenvalue weighted by Gasteiger charge is -2.36. The maximum absolute atomic E-state index is 12.6. The van der Waals surface area contributed by atoms with Crippen molar-refractivity contribution in [3.05, 3.63) is 59.1 Å². The number of carbonyl (C=O) groups is 2. The van der Waals surface area contributed by atoms with Gasteiger partial charge in [0, 0.05) is 42.6 Å². The number of aryl methyl sites for hydroxylation is 1. The summed E-state index contributed by atoms with van der Waals surface area (Å²) in [5, 5.41) is 3.57. The molecule has 0 aromatic heterocycles. The Bertz CT molecular complexity index is 848. The summed E-state index contributed by atoms with van der Waals surface area (Å²) in [4.78, 5) is 30.6. The molecule has 2 aromatic rings. The molecule has 3 rings (SSSR count). The number of hydrogen-bond acceptors (Lipinski definition) is 4. The predicted molar refractivity (Wildman–Crippen MR) is 118 cm³/mol. The summed E-state index contributed by atoms with van der Waals surface area (Å²) < 4.78 is 0. The maximum Gasteiger partial charge on any atom is 0.238 e. The molecule has 2 aromatic carbocycles. The fraction of sp³-hybridized carbons (Fsp3) is 0.364. The molecule has 0 atom stereocenters. The summed E-state index contributed by atoms with van der Waals surface area (Å²) in [6.45, 7) is 5.25. The smallest absolute Gasteiger partial charge is 0.238 e. The van der Waals surface area contributed by atoms with E-state index in [0.717, 1.165) is 30.0 Å². The topological polar surface area (TPSA) is 55.9 Å². The molecule has 1 fully saturated rings. The zero-order valence-electron chi connectivity index (χ0n) is 16.9. The third kappa shape index (κ3) is 6.21. The molecule has 1 aliphatic rings. The molecule has 2 amide bonds. The highest BCUT2D eigenvalue weighted by Gasteiger charge is 2.22. The van der Waals surface area contributed by atoms with E-state index in [0.29, 0.717) is 18.1 Å². The first-order chi connectivity index (χ1) is 13.9. The van der Waals surface area contributed by atoms with Crippen molar-refractivity contribution in [2.24, 2.45) is 0 Å². The van der Waals surface area contributed by atoms with Crippen molar-refractivity contribution in [2.75, 3.05) is 56.5 Å². The quantitative estimate of drug-likeness (QED) is 0.789. The molecule has 29 heavy (non-hydrogen) atoms. The molecule has 0 unspecified atom stereocenters. The summed E-state index contributed by atoms with van der Waals surface area (Å²) >= 11 is 6.07. The minimum absolute atomic E-state index is 0.0429. The van der Waals surface area contributed by atoms with Crippen molar-refractivity contribution >= 4 is 34.8 Å². The van der Waals surface area contributed by atoms with E-state index >= 15 is 0 Å². The molecule has 0 spiro atoms. The summed E-state index contributed by atoms with van der Waals surface area (Å²) in [5.41, 5.74) is 2.98. The van der Waals surface area contributed by atoms with Gasteiger partial charge in [0.15, 0.2) is 0 Å². The molecule has 0 aliphatic carbocycles. The van der Waals surface area contributed by atoms with E-state index in [4.69, 9.17) is 11.6 Å². The first kappa shape index (κ1) is 21.1. The van der Waals surface area contributed by atoms with Crippen LogP contribution in [0.25, 0.3) is 0 Å². The van der Waals surface area contributed by atoms with Crippen LogP contribution in [-0.2, 0) is 9.59 Å². The van der Waals surface area contributed by atoms with Gasteiger partial charge in [-0.2, -0.15) is 0 Å². The second-order valence-corrected chi connectivity index (χ2v) is 7.87. The minimum atomic E-state index is -0.130. The number of nitrogens with one attached hydrogen (secondary N) is 1. The van der Waals surface area contributed by atoms with Crippen molar-refractivity contribution in [1.29, 1.82) is 0 Å². The highest BCUT2D eigenvalue weighted by atomic mass is 35.5. The van der Waals surface area contributed by atoms with Crippen molar-refractivity contribution in [3.63, 3.8) is 0 Å². The van der Waals surface area contributed by atoms with Crippen LogP contribution in [-0.4, -0.2) is 67.9 Å². The van der Waals surface area contributed by atoms with Gasteiger partial charge in [-0.25, -0.2) is 0 Å². The number of hydrogen-bond donors (Lipinski definition) is 1. The monoisotopic (exact) mass is 414 g/mol. The summed E-state index contributed by atoms with van der Waals surface area (Å²) in [6, 6.07) is 15.4. The molecule has 1 saturated heterocycles. The summed E-state index contributed by atoms with van der Waals surface area (Å²) in [5.74, 6) is -0.0868. The number of halogens is 1. The van der Waals surface area contributed by atoms with Crippen LogP contribution in [0, 0.1) is 6.92 Å². The SMILES string of the molecule is Cc1ccc(NC(=O)CN(C)CC(=O)N2CCN(c3cccc(Cl)c3)CC2)cc1. The number of nitrogens with zero attached hydrogens (tertiary/aromatic N) is 3. The van der Waals surface area contributed by atoms with Crippen LogP contribution in [0.5, 0.6) is 0 Å². The molecular formula is C22H27ClN4O2. The molecular weight excluding hydrogens is 388 g/mol. The summed E-state index contributed by atoms with van der Waals surface area (Å²) in [6.07, 6.45) is 0. The molecule has 6 nitrogen and oxygen atoms in total. The molecule has 1 heterocycles. The van der Waals surface area contributed by atoms with Crippen LogP contribution >= 0.6 is 11.6 Å². The predicted octanol–water partition coefficient (Wildman–Crippen LogP) is 2.87. The Morgan fingerprint density at radius 2 is 1.72 bits per heavy atom. The fourth-order valence-electron chi connectivity index (χ4n) is 3.36. The van der Waals surface area contributed by atoms with E-state index in [1.165, 1.54) is 0 Å². The molecule has 0 radical (unpaired) electrons. The molecule has 154 valence electrons. The Kier molecular flexibility index (Phi) is 7.12. The highest BCUT2D eigenvalue weighted by molar-refractivity contribution is 6.30. The maximum atomic E-state index is 12.6. The first-order valence-corrected chi connectivity index (χ1v) is 10.1. The van der Waals surface area contributed by atoms with Gasteiger partial charge >= 0.3 is 0 Å². The van der Waals surface area contributed by atoms with Crippen LogP contribution in [0.3, 0.4) is 0 Å². The second kappa shape index (κ2) is 9.76. The number of carbonyl (C=O) groups excluding carboxylic acids is 2. The Labute approximate surface area is 177 Å². The second-order valence-electron chi connectivity index (χ2n) is 7.43. The van der Waals surface area contributed by atoms with Crippen molar-refractivity contribution in [3.8, 4) is 0 Å². The molecule has 1 N–H and O–H groups in total. The van der Waals surface area contributed by atoms with Gasteiger partial charge in [-0.05, 0) is 44.3 Å². The van der Waals surface area contributed by atoms with Crippen LogP contribution in [0.15, 0.2) is 48.5 Å². The van der Waals surface area contributed by atoms with Crippen LogP contribution in [0.4, 0.5) is 11.4 Å². The van der Waals surface area contributed by atoms with Crippen LogP contribution in [0.2, 0.25) is 5.02 Å². The first-order valence-electron chi connectivity index (χ1n) is 9.74. The Morgan fingerprint density at radius 1 is 1.03 bits per heavy atom. The van der Waals surface area contributed by atoms with Crippen LogP contribution in [0.1, 0.15) is 5.56 Å². The van der Waals surface area contributed by atoms with Gasteiger partial charge in [0.25, 0.3) is 0 Å². The largest absolute Gasteiger partial charge is 0.368 e. The normalized spacial score (nSPS) is 14.2. The molecule has 0 saturated carbocycles. The van der Waals surface area contributed by atoms with Crippen molar-refractivity contribution in [2.45, 2.75) is 6.92 Å². The van der Waals surface area contributed by atoms with Gasteiger partial charge in [-0.3, -0.25) is 14.5 Å². The molecule has 0 bridgehead atoms. The number of benzene rings is 2.